The third-order valence-electron chi connectivity index (χ3n) is 11.2. The van der Waals surface area contributed by atoms with Crippen molar-refractivity contribution in [3.05, 3.63) is 30.6 Å². The number of hydrogen-bond donors (Lipinski definition) is 0. The molecule has 3 saturated heterocycles. The number of halogens is 1. The van der Waals surface area contributed by atoms with Crippen molar-refractivity contribution in [2.75, 3.05) is 70.4 Å². The summed E-state index contributed by atoms with van der Waals surface area (Å²) in [6.45, 7) is 20.3. The molecule has 4 fully saturated rings. The van der Waals surface area contributed by atoms with Gasteiger partial charge in [-0.25, -0.2) is 23.8 Å². The van der Waals surface area contributed by atoms with Crippen LogP contribution in [0, 0.1) is 5.92 Å². The van der Waals surface area contributed by atoms with E-state index in [1.54, 1.807) is 16.1 Å². The Bertz CT molecular complexity index is 1850. The molecular formula is C40H59FN8O5Si. The number of likely N-dealkylation sites (tertiary alicyclic amines) is 2. The molecule has 0 spiro atoms. The summed E-state index contributed by atoms with van der Waals surface area (Å²) >= 11 is 0. The van der Waals surface area contributed by atoms with Gasteiger partial charge in [0.15, 0.2) is 0 Å². The van der Waals surface area contributed by atoms with Crippen LogP contribution in [0.4, 0.5) is 15.0 Å². The van der Waals surface area contributed by atoms with E-state index in [-0.39, 0.29) is 17.4 Å². The maximum Gasteiger partial charge on any atom is 0.410 e. The fraction of sp³-hybridized carbons (Fsp3) is 0.675. The molecule has 5 heterocycles. The molecule has 0 unspecified atom stereocenters. The fourth-order valence-electron chi connectivity index (χ4n) is 7.47. The predicted octanol–water partition coefficient (Wildman–Crippen LogP) is 6.06. The van der Waals surface area contributed by atoms with Crippen LogP contribution in [0.5, 0.6) is 5.75 Å². The molecule has 0 atom stereocenters. The number of hydrogen-bond acceptors (Lipinski definition) is 10. The molecule has 1 aromatic carbocycles. The Kier molecular flexibility index (Phi) is 10.9. The quantitative estimate of drug-likeness (QED) is 0.159. The van der Waals surface area contributed by atoms with Crippen molar-refractivity contribution in [2.24, 2.45) is 5.92 Å². The number of benzene rings is 1. The molecule has 7 rings (SSSR count). The van der Waals surface area contributed by atoms with Gasteiger partial charge in [0.2, 0.25) is 5.91 Å². The van der Waals surface area contributed by atoms with Crippen LogP contribution in [-0.4, -0.2) is 137 Å². The van der Waals surface area contributed by atoms with Gasteiger partial charge in [0, 0.05) is 97.9 Å². The first-order valence-electron chi connectivity index (χ1n) is 20.0. The number of aromatic nitrogens is 4. The maximum atomic E-state index is 16.2. The molecule has 2 aromatic heterocycles. The number of ether oxygens (including phenoxy) is 3. The maximum absolute atomic E-state index is 16.2. The zero-order chi connectivity index (χ0) is 39.2. The van der Waals surface area contributed by atoms with Gasteiger partial charge in [-0.05, 0) is 64.8 Å². The third kappa shape index (κ3) is 9.77. The first kappa shape index (κ1) is 39.4. The van der Waals surface area contributed by atoms with Crippen molar-refractivity contribution < 1.29 is 28.2 Å². The van der Waals surface area contributed by atoms with Gasteiger partial charge in [-0.2, -0.15) is 5.10 Å². The van der Waals surface area contributed by atoms with E-state index in [0.29, 0.717) is 85.1 Å². The van der Waals surface area contributed by atoms with Gasteiger partial charge in [0.1, 0.15) is 41.5 Å². The molecule has 55 heavy (non-hydrogen) atoms. The second-order valence-electron chi connectivity index (χ2n) is 18.5. The molecule has 4 aliphatic rings. The van der Waals surface area contributed by atoms with Gasteiger partial charge in [-0.3, -0.25) is 9.69 Å². The number of rotatable bonds is 12. The van der Waals surface area contributed by atoms with Crippen LogP contribution in [0.3, 0.4) is 0 Å². The molecule has 15 heteroatoms. The molecule has 0 N–H and O–H groups in total. The highest BCUT2D eigenvalue weighted by Crippen LogP contribution is 2.41. The molecule has 3 aliphatic heterocycles. The molecular weight excluding hydrogens is 720 g/mol. The minimum absolute atomic E-state index is 0.00619. The lowest BCUT2D eigenvalue weighted by Gasteiger charge is -2.44. The lowest BCUT2D eigenvalue weighted by molar-refractivity contribution is -0.143. The number of fused-ring (bicyclic) bond motifs is 1. The van der Waals surface area contributed by atoms with Crippen LogP contribution in [0.1, 0.15) is 53.4 Å². The summed E-state index contributed by atoms with van der Waals surface area (Å²) < 4.78 is 36.0. The number of alkyl halides is 1. The molecule has 0 bridgehead atoms. The highest BCUT2D eigenvalue weighted by atomic mass is 28.3. The molecule has 300 valence electrons. The number of anilines is 1. The third-order valence-corrected chi connectivity index (χ3v) is 12.9. The predicted molar refractivity (Wildman–Crippen MR) is 213 cm³/mol. The number of nitrogens with zero attached hydrogens (tertiary/aromatic N) is 8. The summed E-state index contributed by atoms with van der Waals surface area (Å²) in [5, 5.41) is 5.89. The van der Waals surface area contributed by atoms with Crippen LogP contribution >= 0.6 is 0 Å². The Labute approximate surface area is 325 Å². The SMILES string of the molecule is CC(C)(C)OC(=O)N1CC(C(=O)N2CCC(F)(CN3CCN(c4cc(-c5c6cc(OC7(C)CC7)ccc6nn5COCC[Si](C)(C)C)ncn4)CC3)CC2)C1. The van der Waals surface area contributed by atoms with Crippen LogP contribution < -0.4 is 9.64 Å². The second-order valence-corrected chi connectivity index (χ2v) is 24.1. The van der Waals surface area contributed by atoms with Crippen LogP contribution in [0.15, 0.2) is 30.6 Å². The average Bonchev–Trinajstić information content (AvgIpc) is 3.70. The Morgan fingerprint density at radius 1 is 0.945 bits per heavy atom. The van der Waals surface area contributed by atoms with E-state index in [2.05, 4.69) is 47.4 Å². The number of piperidine rings is 1. The molecule has 1 aliphatic carbocycles. The smallest absolute Gasteiger partial charge is 0.410 e. The van der Waals surface area contributed by atoms with E-state index in [1.807, 2.05) is 43.7 Å². The number of carbonyl (C=O) groups is 2. The zero-order valence-corrected chi connectivity index (χ0v) is 34.8. The van der Waals surface area contributed by atoms with Crippen molar-refractivity contribution in [2.45, 2.75) is 103 Å². The summed E-state index contributed by atoms with van der Waals surface area (Å²) in [6.07, 6.45) is 3.95. The van der Waals surface area contributed by atoms with Gasteiger partial charge in [0.25, 0.3) is 0 Å². The summed E-state index contributed by atoms with van der Waals surface area (Å²) in [5.74, 6) is 1.41. The normalized spacial score (nSPS) is 20.4. The van der Waals surface area contributed by atoms with Gasteiger partial charge in [-0.1, -0.05) is 19.6 Å². The van der Waals surface area contributed by atoms with Crippen LogP contribution in [0.25, 0.3) is 22.3 Å². The Morgan fingerprint density at radius 3 is 2.31 bits per heavy atom. The van der Waals surface area contributed by atoms with Gasteiger partial charge >= 0.3 is 6.09 Å². The van der Waals surface area contributed by atoms with Crippen molar-refractivity contribution in [3.8, 4) is 17.1 Å². The summed E-state index contributed by atoms with van der Waals surface area (Å²) in [4.78, 5) is 42.6. The van der Waals surface area contributed by atoms with E-state index in [1.165, 1.54) is 0 Å². The lowest BCUT2D eigenvalue weighted by Crippen LogP contribution is -2.59. The van der Waals surface area contributed by atoms with Gasteiger partial charge in [0.05, 0.1) is 22.8 Å². The van der Waals surface area contributed by atoms with E-state index >= 15 is 4.39 Å². The Morgan fingerprint density at radius 2 is 1.65 bits per heavy atom. The summed E-state index contributed by atoms with van der Waals surface area (Å²) in [6, 6.07) is 9.17. The Hall–Kier alpha value is -3.82. The number of piperazine rings is 1. The van der Waals surface area contributed by atoms with E-state index in [4.69, 9.17) is 24.3 Å². The minimum Gasteiger partial charge on any atom is -0.488 e. The first-order chi connectivity index (χ1) is 25.9. The van der Waals surface area contributed by atoms with Crippen molar-refractivity contribution in [1.82, 2.24) is 34.4 Å². The molecule has 3 aromatic rings. The molecule has 0 radical (unpaired) electrons. The van der Waals surface area contributed by atoms with Gasteiger partial charge in [-0.15, -0.1) is 0 Å². The molecule has 2 amide bonds. The van der Waals surface area contributed by atoms with Crippen molar-refractivity contribution >= 4 is 36.8 Å². The lowest BCUT2D eigenvalue weighted by atomic mass is 9.90. The van der Waals surface area contributed by atoms with E-state index < -0.39 is 25.4 Å². The highest BCUT2D eigenvalue weighted by Gasteiger charge is 2.44. The van der Waals surface area contributed by atoms with Crippen LogP contribution in [0.2, 0.25) is 25.7 Å². The number of amides is 2. The van der Waals surface area contributed by atoms with E-state index in [9.17, 15) is 9.59 Å². The number of carbonyl (C=O) groups excluding carboxylic acids is 2. The topological polar surface area (TPSA) is 118 Å². The average molecular weight is 779 g/mol. The minimum atomic E-state index is -1.35. The van der Waals surface area contributed by atoms with Crippen molar-refractivity contribution in [1.29, 1.82) is 0 Å². The largest absolute Gasteiger partial charge is 0.488 e. The van der Waals surface area contributed by atoms with Gasteiger partial charge < -0.3 is 28.9 Å². The Balaban J connectivity index is 0.950. The summed E-state index contributed by atoms with van der Waals surface area (Å²) in [7, 11) is -1.25. The molecule has 1 saturated carbocycles. The standard InChI is InChI=1S/C40H59FN8O5Si/c1-38(2,3)54-37(51)48-24-29(25-48)36(50)47-14-12-40(41,13-15-47)26-45-16-18-46(19-17-45)34-23-33(42-27-43-34)35-31-22-30(53-39(4)10-11-39)8-9-32(31)44-49(35)28-52-20-21-55(5,6)7/h8-9,22-23,27,29H,10-21,24-26,28H2,1-7H3. The monoisotopic (exact) mass is 778 g/mol. The molecule has 13 nitrogen and oxygen atoms in total. The summed E-state index contributed by atoms with van der Waals surface area (Å²) in [5.41, 5.74) is 0.471. The first-order valence-corrected chi connectivity index (χ1v) is 23.7. The fourth-order valence-corrected chi connectivity index (χ4v) is 8.23. The zero-order valence-electron chi connectivity index (χ0n) is 33.8. The highest BCUT2D eigenvalue weighted by molar-refractivity contribution is 6.76. The second kappa shape index (κ2) is 15.3. The van der Waals surface area contributed by atoms with E-state index in [0.717, 1.165) is 52.7 Å². The van der Waals surface area contributed by atoms with Crippen molar-refractivity contribution in [3.63, 3.8) is 0 Å². The van der Waals surface area contributed by atoms with Crippen LogP contribution in [-0.2, 0) is 21.0 Å².